The fourth-order valence-electron chi connectivity index (χ4n) is 5.36. The van der Waals surface area contributed by atoms with Crippen LogP contribution in [0.4, 0.5) is 0 Å². The molecular weight excluding hydrogens is 256 g/mol. The lowest BCUT2D eigenvalue weighted by atomic mass is 9.50. The summed E-state index contributed by atoms with van der Waals surface area (Å²) in [7, 11) is 0. The maximum Gasteiger partial charge on any atom is 0.115 e. The zero-order valence-corrected chi connectivity index (χ0v) is 13.1. The van der Waals surface area contributed by atoms with Gasteiger partial charge in [0.2, 0.25) is 0 Å². The Bertz CT molecular complexity index is 598. The van der Waals surface area contributed by atoms with Gasteiger partial charge in [-0.3, -0.25) is 0 Å². The second kappa shape index (κ2) is 4.90. The van der Waals surface area contributed by atoms with Crippen LogP contribution in [0.25, 0.3) is 0 Å². The van der Waals surface area contributed by atoms with Crippen molar-refractivity contribution in [2.75, 3.05) is 0 Å². The minimum atomic E-state index is 0.367. The van der Waals surface area contributed by atoms with Crippen LogP contribution in [0.3, 0.4) is 0 Å². The van der Waals surface area contributed by atoms with E-state index in [0.717, 1.165) is 12.3 Å². The zero-order chi connectivity index (χ0) is 14.4. The normalized spacial score (nSPS) is 30.2. The van der Waals surface area contributed by atoms with Crippen LogP contribution in [0.5, 0.6) is 5.75 Å². The summed E-state index contributed by atoms with van der Waals surface area (Å²) in [6.07, 6.45) is 11.9. The minimum absolute atomic E-state index is 0.367. The first-order valence-corrected chi connectivity index (χ1v) is 8.79. The van der Waals surface area contributed by atoms with Gasteiger partial charge in [0.05, 0.1) is 0 Å². The third-order valence-corrected chi connectivity index (χ3v) is 6.18. The first-order valence-electron chi connectivity index (χ1n) is 8.79. The van der Waals surface area contributed by atoms with E-state index >= 15 is 0 Å². The number of aromatic hydroxyl groups is 1. The van der Waals surface area contributed by atoms with E-state index in [9.17, 15) is 5.11 Å². The highest BCUT2D eigenvalue weighted by molar-refractivity contribution is 5.54. The molecular formula is C20H26O. The number of rotatable bonds is 3. The Kier molecular flexibility index (Phi) is 3.13. The molecule has 0 heterocycles. The molecule has 112 valence electrons. The summed E-state index contributed by atoms with van der Waals surface area (Å²) in [4.78, 5) is 0. The van der Waals surface area contributed by atoms with E-state index in [1.165, 1.54) is 56.9 Å². The van der Waals surface area contributed by atoms with Gasteiger partial charge in [-0.1, -0.05) is 30.6 Å². The molecule has 0 aromatic heterocycles. The Labute approximate surface area is 128 Å². The number of hydrogen-bond acceptors (Lipinski definition) is 1. The number of fused-ring (bicyclic) bond motifs is 1. The number of benzene rings is 1. The van der Waals surface area contributed by atoms with Gasteiger partial charge >= 0.3 is 0 Å². The van der Waals surface area contributed by atoms with Gasteiger partial charge in [-0.2, -0.15) is 0 Å². The Morgan fingerprint density at radius 2 is 2.19 bits per heavy atom. The molecule has 21 heavy (non-hydrogen) atoms. The summed E-state index contributed by atoms with van der Waals surface area (Å²) in [6.45, 7) is 2.30. The second-order valence-electron chi connectivity index (χ2n) is 7.34. The van der Waals surface area contributed by atoms with Gasteiger partial charge < -0.3 is 5.11 Å². The fraction of sp³-hybridized carbons (Fsp3) is 0.600. The molecule has 1 fully saturated rings. The quantitative estimate of drug-likeness (QED) is 0.749. The maximum atomic E-state index is 9.83. The van der Waals surface area contributed by atoms with Crippen LogP contribution in [0.15, 0.2) is 29.3 Å². The monoisotopic (exact) mass is 282 g/mol. The predicted octanol–water partition coefficient (Wildman–Crippen LogP) is 5.27. The van der Waals surface area contributed by atoms with Crippen molar-refractivity contribution in [3.05, 3.63) is 40.5 Å². The van der Waals surface area contributed by atoms with Crippen molar-refractivity contribution < 1.29 is 5.11 Å². The molecule has 3 aliphatic rings. The number of aryl methyl sites for hydroxylation is 1. The Morgan fingerprint density at radius 3 is 3.05 bits per heavy atom. The maximum absolute atomic E-state index is 9.83. The van der Waals surface area contributed by atoms with E-state index < -0.39 is 0 Å². The van der Waals surface area contributed by atoms with Crippen molar-refractivity contribution >= 4 is 0 Å². The van der Waals surface area contributed by atoms with Crippen LogP contribution in [0.2, 0.25) is 0 Å². The SMILES string of the molecule is CCCCC1=C2C3CCc4cc(O)ccc4C2(CCC1)C3. The van der Waals surface area contributed by atoms with Gasteiger partial charge in [-0.05, 0) is 80.5 Å². The molecule has 3 aliphatic carbocycles. The van der Waals surface area contributed by atoms with E-state index in [-0.39, 0.29) is 0 Å². The molecule has 2 unspecified atom stereocenters. The third-order valence-electron chi connectivity index (χ3n) is 6.18. The van der Waals surface area contributed by atoms with Crippen molar-refractivity contribution in [1.29, 1.82) is 0 Å². The molecule has 1 N–H and O–H groups in total. The van der Waals surface area contributed by atoms with E-state index in [1.54, 1.807) is 11.1 Å². The molecule has 1 heteroatoms. The highest BCUT2D eigenvalue weighted by Gasteiger charge is 2.54. The molecule has 0 spiro atoms. The number of phenols is 1. The van der Waals surface area contributed by atoms with Crippen molar-refractivity contribution in [2.24, 2.45) is 5.92 Å². The summed E-state index contributed by atoms with van der Waals surface area (Å²) in [5, 5.41) is 9.83. The van der Waals surface area contributed by atoms with Gasteiger partial charge in [0.15, 0.2) is 0 Å². The van der Waals surface area contributed by atoms with E-state index in [0.29, 0.717) is 11.2 Å². The largest absolute Gasteiger partial charge is 0.508 e. The van der Waals surface area contributed by atoms with Gasteiger partial charge in [-0.25, -0.2) is 0 Å². The number of hydrogen-bond donors (Lipinski definition) is 1. The highest BCUT2D eigenvalue weighted by Crippen LogP contribution is 2.63. The standard InChI is InChI=1S/C20H26O/c1-2-3-5-14-6-4-11-20-13-16(19(14)20)8-7-15-12-17(21)9-10-18(15)20/h9-10,12,16,21H,2-8,11,13H2,1H3. The summed E-state index contributed by atoms with van der Waals surface area (Å²) < 4.78 is 0. The van der Waals surface area contributed by atoms with Crippen molar-refractivity contribution in [3.63, 3.8) is 0 Å². The van der Waals surface area contributed by atoms with E-state index in [1.807, 2.05) is 17.7 Å². The average molecular weight is 282 g/mol. The van der Waals surface area contributed by atoms with Gasteiger partial charge in [0.25, 0.3) is 0 Å². The minimum Gasteiger partial charge on any atom is -0.508 e. The molecule has 1 aromatic carbocycles. The van der Waals surface area contributed by atoms with Crippen molar-refractivity contribution in [1.82, 2.24) is 0 Å². The van der Waals surface area contributed by atoms with Gasteiger partial charge in [-0.15, -0.1) is 0 Å². The zero-order valence-electron chi connectivity index (χ0n) is 13.1. The lowest BCUT2D eigenvalue weighted by Crippen LogP contribution is -2.46. The van der Waals surface area contributed by atoms with Crippen LogP contribution in [0.1, 0.15) is 69.4 Å². The number of phenolic OH excluding ortho intramolecular Hbond substituents is 1. The second-order valence-corrected chi connectivity index (χ2v) is 7.34. The molecule has 0 aliphatic heterocycles. The summed E-state index contributed by atoms with van der Waals surface area (Å²) >= 11 is 0. The van der Waals surface area contributed by atoms with Crippen LogP contribution in [0, 0.1) is 5.92 Å². The molecule has 1 nitrogen and oxygen atoms in total. The van der Waals surface area contributed by atoms with E-state index in [2.05, 4.69) is 13.0 Å². The summed E-state index contributed by atoms with van der Waals surface area (Å²) in [5.74, 6) is 1.28. The molecule has 1 aromatic rings. The van der Waals surface area contributed by atoms with E-state index in [4.69, 9.17) is 0 Å². The Hall–Kier alpha value is -1.24. The van der Waals surface area contributed by atoms with Crippen LogP contribution >= 0.6 is 0 Å². The molecule has 0 saturated heterocycles. The fourth-order valence-corrected chi connectivity index (χ4v) is 5.36. The summed E-state index contributed by atoms with van der Waals surface area (Å²) in [5.41, 5.74) is 6.99. The molecule has 1 saturated carbocycles. The average Bonchev–Trinajstić information content (AvgIpc) is 2.69. The first kappa shape index (κ1) is 13.4. The highest BCUT2D eigenvalue weighted by atomic mass is 16.3. The summed E-state index contributed by atoms with van der Waals surface area (Å²) in [6, 6.07) is 6.17. The molecule has 2 atom stereocenters. The topological polar surface area (TPSA) is 20.2 Å². The Balaban J connectivity index is 1.82. The van der Waals surface area contributed by atoms with Crippen molar-refractivity contribution in [3.8, 4) is 5.75 Å². The molecule has 4 rings (SSSR count). The number of allylic oxidation sites excluding steroid dienone is 2. The lowest BCUT2D eigenvalue weighted by Gasteiger charge is -2.54. The molecule has 0 amide bonds. The van der Waals surface area contributed by atoms with Gasteiger partial charge in [0, 0.05) is 5.41 Å². The van der Waals surface area contributed by atoms with Crippen molar-refractivity contribution in [2.45, 2.75) is 70.1 Å². The van der Waals surface area contributed by atoms with Crippen LogP contribution in [-0.4, -0.2) is 5.11 Å². The third kappa shape index (κ3) is 1.89. The van der Waals surface area contributed by atoms with Crippen LogP contribution < -0.4 is 0 Å². The Morgan fingerprint density at radius 1 is 1.29 bits per heavy atom. The van der Waals surface area contributed by atoms with Gasteiger partial charge in [0.1, 0.15) is 5.75 Å². The molecule has 2 bridgehead atoms. The molecule has 0 radical (unpaired) electrons. The lowest BCUT2D eigenvalue weighted by molar-refractivity contribution is 0.216. The smallest absolute Gasteiger partial charge is 0.115 e. The predicted molar refractivity (Wildman–Crippen MR) is 86.6 cm³/mol. The van der Waals surface area contributed by atoms with Crippen LogP contribution in [-0.2, 0) is 11.8 Å². The number of unbranched alkanes of at least 4 members (excludes halogenated alkanes) is 1. The first-order chi connectivity index (χ1) is 10.2.